The van der Waals surface area contributed by atoms with E-state index in [4.69, 9.17) is 0 Å². The van der Waals surface area contributed by atoms with Gasteiger partial charge in [0.15, 0.2) is 11.0 Å². The second kappa shape index (κ2) is 8.01. The molecule has 2 aromatic heterocycles. The zero-order valence-corrected chi connectivity index (χ0v) is 17.1. The molecule has 0 saturated carbocycles. The molecule has 0 unspecified atom stereocenters. The number of anilines is 1. The molecule has 0 radical (unpaired) electrons. The van der Waals surface area contributed by atoms with Gasteiger partial charge in [-0.1, -0.05) is 11.8 Å². The van der Waals surface area contributed by atoms with Crippen LogP contribution >= 0.6 is 27.7 Å². The highest BCUT2D eigenvalue weighted by molar-refractivity contribution is 9.10. The lowest BCUT2D eigenvalue weighted by Crippen LogP contribution is -2.15. The van der Waals surface area contributed by atoms with Gasteiger partial charge in [0.25, 0.3) is 0 Å². The Morgan fingerprint density at radius 1 is 1.19 bits per heavy atom. The molecule has 0 bridgehead atoms. The second-order valence-corrected chi connectivity index (χ2v) is 7.65. The number of carbonyl (C=O) groups is 1. The fourth-order valence-electron chi connectivity index (χ4n) is 2.39. The summed E-state index contributed by atoms with van der Waals surface area (Å²) < 4.78 is 2.75. The van der Waals surface area contributed by atoms with Crippen molar-refractivity contribution in [2.45, 2.75) is 19.0 Å². The molecule has 2 heterocycles. The molecule has 0 fully saturated rings. The number of aromatic nitrogens is 4. The van der Waals surface area contributed by atoms with E-state index in [1.807, 2.05) is 49.7 Å². The Morgan fingerprint density at radius 3 is 2.62 bits per heavy atom. The molecule has 1 amide bonds. The number of nitrogens with zero attached hydrogens (tertiary/aromatic N) is 4. The number of aryl methyl sites for hydroxylation is 2. The van der Waals surface area contributed by atoms with Gasteiger partial charge in [0.1, 0.15) is 0 Å². The second-order valence-electron chi connectivity index (χ2n) is 5.85. The Kier molecular flexibility index (Phi) is 5.73. The third-order valence-corrected chi connectivity index (χ3v) is 5.64. The monoisotopic (exact) mass is 431 g/mol. The zero-order valence-electron chi connectivity index (χ0n) is 14.7. The predicted molar refractivity (Wildman–Crippen MR) is 107 cm³/mol. The van der Waals surface area contributed by atoms with Crippen LogP contribution in [0.2, 0.25) is 0 Å². The summed E-state index contributed by atoms with van der Waals surface area (Å²) in [6.07, 6.45) is 3.43. The van der Waals surface area contributed by atoms with Crippen LogP contribution in [0.15, 0.2) is 46.3 Å². The van der Waals surface area contributed by atoms with Crippen LogP contribution in [0, 0.1) is 13.8 Å². The normalized spacial score (nSPS) is 10.8. The number of thioether (sulfide) groups is 1. The van der Waals surface area contributed by atoms with E-state index < -0.39 is 0 Å². The first-order chi connectivity index (χ1) is 12.5. The van der Waals surface area contributed by atoms with Gasteiger partial charge in [0.05, 0.1) is 11.4 Å². The Bertz CT molecular complexity index is 942. The van der Waals surface area contributed by atoms with Gasteiger partial charge in [-0.25, -0.2) is 0 Å². The average molecular weight is 432 g/mol. The molecule has 0 spiro atoms. The summed E-state index contributed by atoms with van der Waals surface area (Å²) in [4.78, 5) is 16.3. The number of benzene rings is 1. The fourth-order valence-corrected chi connectivity index (χ4v) is 3.65. The highest BCUT2D eigenvalue weighted by Gasteiger charge is 2.14. The van der Waals surface area contributed by atoms with E-state index >= 15 is 0 Å². The van der Waals surface area contributed by atoms with Crippen molar-refractivity contribution < 1.29 is 4.79 Å². The van der Waals surface area contributed by atoms with E-state index in [1.165, 1.54) is 17.3 Å². The number of hydrogen-bond donors (Lipinski definition) is 1. The predicted octanol–water partition coefficient (Wildman–Crippen LogP) is 3.99. The molecule has 0 aliphatic carbocycles. The van der Waals surface area contributed by atoms with Gasteiger partial charge >= 0.3 is 0 Å². The first-order valence-corrected chi connectivity index (χ1v) is 9.72. The van der Waals surface area contributed by atoms with Crippen molar-refractivity contribution in [3.05, 3.63) is 52.3 Å². The summed E-state index contributed by atoms with van der Waals surface area (Å²) in [6, 6.07) is 7.72. The molecule has 1 aromatic carbocycles. The van der Waals surface area contributed by atoms with Crippen LogP contribution < -0.4 is 5.32 Å². The molecular formula is C18H18BrN5OS. The van der Waals surface area contributed by atoms with Gasteiger partial charge in [-0.2, -0.15) is 0 Å². The number of halogens is 1. The molecule has 1 N–H and O–H groups in total. The number of nitrogens with one attached hydrogen (secondary N) is 1. The molecule has 0 atom stereocenters. The summed E-state index contributed by atoms with van der Waals surface area (Å²) in [6.45, 7) is 4.06. The highest BCUT2D eigenvalue weighted by Crippen LogP contribution is 2.27. The maximum Gasteiger partial charge on any atom is 0.234 e. The molecule has 3 rings (SSSR count). The summed E-state index contributed by atoms with van der Waals surface area (Å²) >= 11 is 4.84. The zero-order chi connectivity index (χ0) is 18.7. The third-order valence-electron chi connectivity index (χ3n) is 3.96. The van der Waals surface area contributed by atoms with Crippen molar-refractivity contribution >= 4 is 39.3 Å². The maximum atomic E-state index is 12.3. The van der Waals surface area contributed by atoms with Gasteiger partial charge in [-0.3, -0.25) is 9.78 Å². The molecule has 0 saturated heterocycles. The summed E-state index contributed by atoms with van der Waals surface area (Å²) in [7, 11) is 1.88. The number of carbonyl (C=O) groups excluding carboxylic acids is 1. The summed E-state index contributed by atoms with van der Waals surface area (Å²) in [5, 5.41) is 12.0. The number of hydrogen-bond acceptors (Lipinski definition) is 5. The largest absolute Gasteiger partial charge is 0.324 e. The lowest BCUT2D eigenvalue weighted by atomic mass is 10.1. The van der Waals surface area contributed by atoms with Crippen LogP contribution in [0.25, 0.3) is 11.4 Å². The lowest BCUT2D eigenvalue weighted by molar-refractivity contribution is -0.113. The minimum Gasteiger partial charge on any atom is -0.324 e. The van der Waals surface area contributed by atoms with Crippen molar-refractivity contribution in [3.8, 4) is 11.4 Å². The van der Waals surface area contributed by atoms with Gasteiger partial charge in [-0.05, 0) is 65.2 Å². The van der Waals surface area contributed by atoms with E-state index in [-0.39, 0.29) is 11.7 Å². The lowest BCUT2D eigenvalue weighted by Gasteiger charge is -2.10. The van der Waals surface area contributed by atoms with Crippen molar-refractivity contribution in [2.24, 2.45) is 7.05 Å². The quantitative estimate of drug-likeness (QED) is 0.618. The van der Waals surface area contributed by atoms with Crippen molar-refractivity contribution in [3.63, 3.8) is 0 Å². The van der Waals surface area contributed by atoms with Gasteiger partial charge in [0, 0.05) is 29.5 Å². The topological polar surface area (TPSA) is 72.7 Å². The Balaban J connectivity index is 1.66. The molecule has 0 aliphatic rings. The molecule has 26 heavy (non-hydrogen) atoms. The fraction of sp³-hybridized carbons (Fsp3) is 0.222. The van der Waals surface area contributed by atoms with Gasteiger partial charge in [-0.15, -0.1) is 10.2 Å². The van der Waals surface area contributed by atoms with Crippen LogP contribution in [0.4, 0.5) is 5.69 Å². The average Bonchev–Trinajstić information content (AvgIpc) is 2.99. The van der Waals surface area contributed by atoms with Gasteiger partial charge < -0.3 is 9.88 Å². The summed E-state index contributed by atoms with van der Waals surface area (Å²) in [5.41, 5.74) is 4.01. The Hall–Kier alpha value is -2.19. The first kappa shape index (κ1) is 18.6. The van der Waals surface area contributed by atoms with Crippen LogP contribution in [0.3, 0.4) is 0 Å². The van der Waals surface area contributed by atoms with E-state index in [9.17, 15) is 4.79 Å². The van der Waals surface area contributed by atoms with Crippen LogP contribution in [-0.2, 0) is 11.8 Å². The van der Waals surface area contributed by atoms with Crippen molar-refractivity contribution in [1.82, 2.24) is 19.7 Å². The van der Waals surface area contributed by atoms with Crippen LogP contribution in [-0.4, -0.2) is 31.4 Å². The number of pyridine rings is 1. The molecule has 8 heteroatoms. The van der Waals surface area contributed by atoms with Gasteiger partial charge in [0.2, 0.25) is 5.91 Å². The first-order valence-electron chi connectivity index (χ1n) is 7.95. The molecule has 6 nitrogen and oxygen atoms in total. The van der Waals surface area contributed by atoms with Crippen LogP contribution in [0.1, 0.15) is 11.1 Å². The molecule has 134 valence electrons. The summed E-state index contributed by atoms with van der Waals surface area (Å²) in [5.74, 6) is 0.904. The third kappa shape index (κ3) is 4.13. The maximum absolute atomic E-state index is 12.3. The molecule has 3 aromatic rings. The Morgan fingerprint density at radius 2 is 1.88 bits per heavy atom. The minimum absolute atomic E-state index is 0.0904. The number of rotatable bonds is 5. The Labute approximate surface area is 164 Å². The number of amides is 1. The highest BCUT2D eigenvalue weighted by atomic mass is 79.9. The van der Waals surface area contributed by atoms with Crippen molar-refractivity contribution in [2.75, 3.05) is 11.1 Å². The van der Waals surface area contributed by atoms with E-state index in [0.717, 1.165) is 27.1 Å². The van der Waals surface area contributed by atoms with E-state index in [0.29, 0.717) is 5.16 Å². The molecular weight excluding hydrogens is 414 g/mol. The van der Waals surface area contributed by atoms with E-state index in [1.54, 1.807) is 12.4 Å². The van der Waals surface area contributed by atoms with E-state index in [2.05, 4.69) is 36.4 Å². The minimum atomic E-state index is -0.0904. The SMILES string of the molecule is Cc1cc(Br)c(NC(=O)CSc2nnc(-c3ccncc3)n2C)cc1C. The van der Waals surface area contributed by atoms with Crippen molar-refractivity contribution in [1.29, 1.82) is 0 Å². The molecule has 0 aliphatic heterocycles. The smallest absolute Gasteiger partial charge is 0.234 e. The standard InChI is InChI=1S/C18H18BrN5OS/c1-11-8-14(19)15(9-12(11)2)21-16(25)10-26-18-23-22-17(24(18)3)13-4-6-20-7-5-13/h4-9H,10H2,1-3H3,(H,21,25). The van der Waals surface area contributed by atoms with Crippen LogP contribution in [0.5, 0.6) is 0 Å².